The van der Waals surface area contributed by atoms with Gasteiger partial charge in [0, 0.05) is 42.2 Å². The van der Waals surface area contributed by atoms with Crippen molar-refractivity contribution in [1.82, 2.24) is 23.8 Å². The lowest BCUT2D eigenvalue weighted by molar-refractivity contribution is 0.0249. The second-order valence-electron chi connectivity index (χ2n) is 12.4. The molecule has 2 saturated carbocycles. The molecule has 3 atom stereocenters. The average molecular weight is 628 g/mol. The van der Waals surface area contributed by atoms with Gasteiger partial charge in [0.05, 0.1) is 24.8 Å². The van der Waals surface area contributed by atoms with Gasteiger partial charge in [-0.1, -0.05) is 0 Å². The molecule has 4 aromatic rings. The molecule has 2 aliphatic carbocycles. The third-order valence-corrected chi connectivity index (χ3v) is 10.4. The number of nitrogens with two attached hydrogens (primary N) is 1. The van der Waals surface area contributed by atoms with Crippen LogP contribution in [0.5, 0.6) is 5.88 Å². The highest BCUT2D eigenvalue weighted by Gasteiger charge is 2.41. The summed E-state index contributed by atoms with van der Waals surface area (Å²) >= 11 is 0. The number of amides is 1. The van der Waals surface area contributed by atoms with E-state index in [0.717, 1.165) is 49.7 Å². The van der Waals surface area contributed by atoms with Crippen LogP contribution in [0.1, 0.15) is 48.2 Å². The van der Waals surface area contributed by atoms with Gasteiger partial charge in [-0.25, -0.2) is 18.4 Å². The molecule has 4 aliphatic rings. The summed E-state index contributed by atoms with van der Waals surface area (Å²) in [6, 6.07) is 8.28. The SMILES string of the molecule is COc1cc(C(=O)N2C[C@@H]3CC[C@H]2[C@@H](N)C3)cc2nc(-c3cc4ccc(N(C(F)F)S(C)(=O)=O)nc4n3CC3CC3)c(C)n12. The maximum atomic E-state index is 13.8. The normalized spacial score (nSPS) is 22.0. The number of nitrogens with zero attached hydrogens (tertiary/aromatic N) is 6. The Hall–Kier alpha value is -3.78. The van der Waals surface area contributed by atoms with Gasteiger partial charge < -0.3 is 19.9 Å². The predicted molar refractivity (Wildman–Crippen MR) is 161 cm³/mol. The molecule has 6 heterocycles. The monoisotopic (exact) mass is 627 g/mol. The van der Waals surface area contributed by atoms with Crippen LogP contribution in [0.3, 0.4) is 0 Å². The van der Waals surface area contributed by atoms with Crippen LogP contribution >= 0.6 is 0 Å². The van der Waals surface area contributed by atoms with Crippen LogP contribution < -0.4 is 14.8 Å². The van der Waals surface area contributed by atoms with E-state index in [2.05, 4.69) is 4.98 Å². The minimum atomic E-state index is -4.27. The number of pyridine rings is 2. The molecule has 0 unspecified atom stereocenters. The first-order valence-corrected chi connectivity index (χ1v) is 16.7. The number of piperidine rings is 2. The number of carbonyl (C=O) groups is 1. The molecule has 0 aromatic carbocycles. The first kappa shape index (κ1) is 29.0. The fourth-order valence-corrected chi connectivity index (χ4v) is 7.76. The van der Waals surface area contributed by atoms with E-state index in [0.29, 0.717) is 58.7 Å². The van der Waals surface area contributed by atoms with E-state index in [1.54, 1.807) is 25.3 Å². The number of fused-ring (bicyclic) bond motifs is 5. The standard InChI is InChI=1S/C30H35F2N7O4S/c1-16-27(23-11-19-7-9-24(39(30(31)32)44(3,41)42)35-28(19)36(23)14-17-4-5-17)34-25-12-20(13-26(43-2)38(16)25)29(40)37-15-18-6-8-22(37)21(33)10-18/h7,9,11-13,17-18,21-22,30H,4-6,8,10,14-15,33H2,1-3H3/t18-,21+,22+/m1/s1. The highest BCUT2D eigenvalue weighted by Crippen LogP contribution is 2.39. The Balaban J connectivity index is 1.34. The maximum absolute atomic E-state index is 13.8. The topological polar surface area (TPSA) is 128 Å². The molecule has 1 amide bonds. The van der Waals surface area contributed by atoms with Gasteiger partial charge >= 0.3 is 6.55 Å². The predicted octanol–water partition coefficient (Wildman–Crippen LogP) is 4.02. The number of rotatable bonds is 8. The van der Waals surface area contributed by atoms with E-state index >= 15 is 0 Å². The Morgan fingerprint density at radius 3 is 2.57 bits per heavy atom. The van der Waals surface area contributed by atoms with Gasteiger partial charge in [-0.05, 0) is 75.1 Å². The molecule has 4 fully saturated rings. The second-order valence-corrected chi connectivity index (χ2v) is 14.3. The number of aryl methyl sites for hydroxylation is 1. The molecule has 44 heavy (non-hydrogen) atoms. The maximum Gasteiger partial charge on any atom is 0.329 e. The van der Waals surface area contributed by atoms with Gasteiger partial charge in [-0.15, -0.1) is 0 Å². The number of anilines is 1. The Labute approximate surface area is 253 Å². The molecule has 14 heteroatoms. The van der Waals surface area contributed by atoms with Crippen molar-refractivity contribution >= 4 is 38.4 Å². The third-order valence-electron chi connectivity index (χ3n) is 9.33. The van der Waals surface area contributed by atoms with Crippen LogP contribution in [0.4, 0.5) is 14.6 Å². The minimum absolute atomic E-state index is 0.0194. The summed E-state index contributed by atoms with van der Waals surface area (Å²) in [6.07, 6.45) is 5.72. The lowest BCUT2D eigenvalue weighted by atomic mass is 9.76. The first-order valence-electron chi connectivity index (χ1n) is 14.9. The fraction of sp³-hybridized carbons (Fsp3) is 0.500. The number of methoxy groups -OCH3 is 1. The minimum Gasteiger partial charge on any atom is -0.482 e. The van der Waals surface area contributed by atoms with Crippen LogP contribution in [0.25, 0.3) is 28.1 Å². The Morgan fingerprint density at radius 2 is 1.93 bits per heavy atom. The van der Waals surface area contributed by atoms with Crippen LogP contribution in [-0.4, -0.2) is 76.7 Å². The van der Waals surface area contributed by atoms with E-state index in [9.17, 15) is 22.0 Å². The van der Waals surface area contributed by atoms with Crippen LogP contribution in [-0.2, 0) is 16.6 Å². The highest BCUT2D eigenvalue weighted by molar-refractivity contribution is 7.92. The van der Waals surface area contributed by atoms with Gasteiger partial charge in [0.2, 0.25) is 10.0 Å². The number of carbonyl (C=O) groups excluding carboxylic acids is 1. The Kier molecular flexibility index (Phi) is 6.85. The molecule has 2 saturated heterocycles. The van der Waals surface area contributed by atoms with Crippen LogP contribution in [0, 0.1) is 18.8 Å². The molecular weight excluding hydrogens is 592 g/mol. The van der Waals surface area contributed by atoms with Crippen molar-refractivity contribution in [2.75, 3.05) is 24.2 Å². The van der Waals surface area contributed by atoms with Crippen LogP contribution in [0.15, 0.2) is 30.3 Å². The zero-order chi connectivity index (χ0) is 31.1. The summed E-state index contributed by atoms with van der Waals surface area (Å²) in [4.78, 5) is 25.1. The van der Waals surface area contributed by atoms with E-state index in [-0.39, 0.29) is 28.1 Å². The number of hydrogen-bond donors (Lipinski definition) is 1. The summed E-state index contributed by atoms with van der Waals surface area (Å²) in [6.45, 7) is -0.0963. The summed E-state index contributed by atoms with van der Waals surface area (Å²) in [7, 11) is -2.72. The van der Waals surface area contributed by atoms with Crippen LogP contribution in [0.2, 0.25) is 0 Å². The lowest BCUT2D eigenvalue weighted by Crippen LogP contribution is -2.60. The molecule has 2 bridgehead atoms. The van der Waals surface area contributed by atoms with Gasteiger partial charge in [-0.3, -0.25) is 9.20 Å². The molecule has 11 nitrogen and oxygen atoms in total. The number of sulfonamides is 1. The number of aromatic nitrogens is 4. The highest BCUT2D eigenvalue weighted by atomic mass is 32.2. The van der Waals surface area contributed by atoms with Gasteiger partial charge in [0.25, 0.3) is 5.91 Å². The van der Waals surface area contributed by atoms with E-state index in [1.807, 2.05) is 26.9 Å². The number of hydrogen-bond acceptors (Lipinski definition) is 7. The quantitative estimate of drug-likeness (QED) is 0.292. The van der Waals surface area contributed by atoms with E-state index < -0.39 is 16.6 Å². The Bertz CT molecular complexity index is 1900. The summed E-state index contributed by atoms with van der Waals surface area (Å²) in [5.74, 6) is 0.821. The van der Waals surface area contributed by atoms with E-state index in [1.165, 1.54) is 6.07 Å². The number of alkyl halides is 2. The summed E-state index contributed by atoms with van der Waals surface area (Å²) < 4.78 is 61.6. The van der Waals surface area contributed by atoms with Gasteiger partial charge in [-0.2, -0.15) is 13.1 Å². The van der Waals surface area contributed by atoms with E-state index in [4.69, 9.17) is 15.5 Å². The number of imidazole rings is 1. The van der Waals surface area contributed by atoms with Crippen molar-refractivity contribution in [3.8, 4) is 17.3 Å². The second kappa shape index (κ2) is 10.4. The zero-order valence-electron chi connectivity index (χ0n) is 24.8. The van der Waals surface area contributed by atoms with Crippen molar-refractivity contribution in [2.45, 2.75) is 64.2 Å². The summed E-state index contributed by atoms with van der Waals surface area (Å²) in [5, 5.41) is 0.669. The van der Waals surface area contributed by atoms with Crippen molar-refractivity contribution < 1.29 is 26.7 Å². The third kappa shape index (κ3) is 4.78. The smallest absolute Gasteiger partial charge is 0.329 e. The molecular formula is C30H35F2N7O4S. The molecule has 0 radical (unpaired) electrons. The van der Waals surface area contributed by atoms with Crippen molar-refractivity contribution in [3.05, 3.63) is 41.6 Å². The molecule has 2 N–H and O–H groups in total. The zero-order valence-corrected chi connectivity index (χ0v) is 25.6. The molecule has 4 aromatic heterocycles. The average Bonchev–Trinajstić information content (AvgIpc) is 3.65. The molecule has 2 aliphatic heterocycles. The number of halogens is 2. The molecule has 0 spiro atoms. The largest absolute Gasteiger partial charge is 0.482 e. The van der Waals surface area contributed by atoms with Crippen molar-refractivity contribution in [2.24, 2.45) is 17.6 Å². The number of ether oxygens (including phenoxy) is 1. The fourth-order valence-electron chi connectivity index (χ4n) is 7.03. The van der Waals surface area contributed by atoms with Crippen molar-refractivity contribution in [3.63, 3.8) is 0 Å². The molecule has 234 valence electrons. The summed E-state index contributed by atoms with van der Waals surface area (Å²) in [5.41, 5.74) is 9.91. The molecule has 8 rings (SSSR count). The Morgan fingerprint density at radius 1 is 1.16 bits per heavy atom. The van der Waals surface area contributed by atoms with Gasteiger partial charge in [0.15, 0.2) is 5.88 Å². The first-order chi connectivity index (χ1) is 20.9. The lowest BCUT2D eigenvalue weighted by Gasteiger charge is -2.48. The van der Waals surface area contributed by atoms with Gasteiger partial charge in [0.1, 0.15) is 22.8 Å². The van der Waals surface area contributed by atoms with Crippen molar-refractivity contribution in [1.29, 1.82) is 0 Å².